The first-order valence-corrected chi connectivity index (χ1v) is 12.0. The molecule has 0 spiro atoms. The standard InChI is InChI=1S/C24H19Cl2FN2O2S/c25-17-5-3-4-15-21-16(23(28-24(15)17)13-8-10-14(27)11-9-13)12-20(22(21)26)32-19-7-2-1-6-18(19)29(30)31/h1-11,16,20-23,28H,12H2/t16-,20+,21-,22+,23-/m0/s1. The number of halogens is 3. The summed E-state index contributed by atoms with van der Waals surface area (Å²) in [5, 5.41) is 15.4. The molecule has 1 saturated carbocycles. The second-order valence-electron chi connectivity index (χ2n) is 8.13. The summed E-state index contributed by atoms with van der Waals surface area (Å²) in [7, 11) is 0. The van der Waals surface area contributed by atoms with E-state index in [9.17, 15) is 14.5 Å². The Morgan fingerprint density at radius 3 is 2.56 bits per heavy atom. The maximum Gasteiger partial charge on any atom is 0.282 e. The van der Waals surface area contributed by atoms with Gasteiger partial charge in [0.1, 0.15) is 5.82 Å². The van der Waals surface area contributed by atoms with Gasteiger partial charge in [0.15, 0.2) is 0 Å². The van der Waals surface area contributed by atoms with Gasteiger partial charge in [0.25, 0.3) is 5.69 Å². The van der Waals surface area contributed by atoms with Crippen LogP contribution in [0, 0.1) is 21.8 Å². The first-order chi connectivity index (χ1) is 15.4. The molecule has 1 aliphatic heterocycles. The van der Waals surface area contributed by atoms with Crippen LogP contribution < -0.4 is 5.32 Å². The van der Waals surface area contributed by atoms with Gasteiger partial charge in [-0.1, -0.05) is 48.0 Å². The second kappa shape index (κ2) is 8.58. The molecule has 0 radical (unpaired) electrons. The van der Waals surface area contributed by atoms with Crippen LogP contribution in [0.4, 0.5) is 15.8 Å². The zero-order chi connectivity index (χ0) is 22.4. The van der Waals surface area contributed by atoms with Crippen LogP contribution in [0.1, 0.15) is 29.5 Å². The minimum atomic E-state index is -0.356. The molecule has 164 valence electrons. The van der Waals surface area contributed by atoms with E-state index in [-0.39, 0.29) is 44.9 Å². The summed E-state index contributed by atoms with van der Waals surface area (Å²) in [6, 6.07) is 19.0. The summed E-state index contributed by atoms with van der Waals surface area (Å²) in [5.74, 6) is -0.137. The van der Waals surface area contributed by atoms with Crippen molar-refractivity contribution in [2.24, 2.45) is 5.92 Å². The van der Waals surface area contributed by atoms with Crippen LogP contribution >= 0.6 is 35.0 Å². The van der Waals surface area contributed by atoms with E-state index in [0.717, 1.165) is 23.2 Å². The lowest BCUT2D eigenvalue weighted by Gasteiger charge is -2.38. The lowest BCUT2D eigenvalue weighted by Crippen LogP contribution is -2.31. The lowest BCUT2D eigenvalue weighted by molar-refractivity contribution is -0.387. The average molecular weight is 489 g/mol. The fraction of sp³-hybridized carbons (Fsp3) is 0.250. The summed E-state index contributed by atoms with van der Waals surface area (Å²) >= 11 is 15.1. The molecule has 2 aliphatic rings. The smallest absolute Gasteiger partial charge is 0.282 e. The van der Waals surface area contributed by atoms with Gasteiger partial charge in [0, 0.05) is 17.2 Å². The van der Waals surface area contributed by atoms with Gasteiger partial charge in [0.05, 0.1) is 31.9 Å². The van der Waals surface area contributed by atoms with Crippen LogP contribution in [0.2, 0.25) is 5.02 Å². The number of rotatable bonds is 4. The molecule has 8 heteroatoms. The van der Waals surface area contributed by atoms with E-state index in [1.165, 1.54) is 30.0 Å². The van der Waals surface area contributed by atoms with E-state index in [0.29, 0.717) is 9.92 Å². The Kier molecular flexibility index (Phi) is 5.78. The molecule has 5 rings (SSSR count). The summed E-state index contributed by atoms with van der Waals surface area (Å²) in [5.41, 5.74) is 2.97. The fourth-order valence-corrected chi connectivity index (χ4v) is 7.16. The largest absolute Gasteiger partial charge is 0.376 e. The SMILES string of the molecule is O=[N+]([O-])c1ccccc1S[C@@H]1C[C@H]2[C@H](c3cccc(Cl)c3N[C@H]2c2ccc(F)cc2)[C@@H]1Cl. The van der Waals surface area contributed by atoms with Gasteiger partial charge in [-0.15, -0.1) is 23.4 Å². The maximum absolute atomic E-state index is 13.6. The lowest BCUT2D eigenvalue weighted by atomic mass is 9.77. The topological polar surface area (TPSA) is 55.2 Å². The second-order valence-corrected chi connectivity index (χ2v) is 10.3. The van der Waals surface area contributed by atoms with Crippen LogP contribution in [0.25, 0.3) is 0 Å². The number of nitro groups is 1. The summed E-state index contributed by atoms with van der Waals surface area (Å²) in [6.07, 6.45) is 0.760. The highest BCUT2D eigenvalue weighted by Crippen LogP contribution is 2.58. The Balaban J connectivity index is 1.54. The highest BCUT2D eigenvalue weighted by atomic mass is 35.5. The Bertz CT molecular complexity index is 1180. The van der Waals surface area contributed by atoms with Gasteiger partial charge >= 0.3 is 0 Å². The average Bonchev–Trinajstić information content (AvgIpc) is 3.11. The highest BCUT2D eigenvalue weighted by Gasteiger charge is 2.50. The van der Waals surface area contributed by atoms with Gasteiger partial charge in [-0.3, -0.25) is 10.1 Å². The fourth-order valence-electron chi connectivity index (χ4n) is 4.98. The van der Waals surface area contributed by atoms with Crippen molar-refractivity contribution in [2.75, 3.05) is 5.32 Å². The van der Waals surface area contributed by atoms with Crippen molar-refractivity contribution in [1.29, 1.82) is 0 Å². The number of nitro benzene ring substituents is 1. The van der Waals surface area contributed by atoms with Gasteiger partial charge in [-0.2, -0.15) is 0 Å². The minimum absolute atomic E-state index is 0.0157. The van der Waals surface area contributed by atoms with Gasteiger partial charge in [-0.05, 0) is 47.7 Å². The Morgan fingerprint density at radius 1 is 1.06 bits per heavy atom. The molecular formula is C24H19Cl2FN2O2S. The predicted molar refractivity (Wildman–Crippen MR) is 127 cm³/mol. The van der Waals surface area contributed by atoms with Crippen molar-refractivity contribution in [1.82, 2.24) is 0 Å². The molecule has 1 heterocycles. The normalized spacial score (nSPS) is 26.2. The molecule has 5 atom stereocenters. The molecular weight excluding hydrogens is 470 g/mol. The third-order valence-corrected chi connectivity index (χ3v) is 8.79. The van der Waals surface area contributed by atoms with Crippen LogP contribution in [0.15, 0.2) is 71.6 Å². The monoisotopic (exact) mass is 488 g/mol. The number of thioether (sulfide) groups is 1. The van der Waals surface area contributed by atoms with Crippen molar-refractivity contribution in [3.63, 3.8) is 0 Å². The number of fused-ring (bicyclic) bond motifs is 3. The summed E-state index contributed by atoms with van der Waals surface area (Å²) in [4.78, 5) is 11.8. The first-order valence-electron chi connectivity index (χ1n) is 10.3. The minimum Gasteiger partial charge on any atom is -0.376 e. The zero-order valence-electron chi connectivity index (χ0n) is 16.8. The van der Waals surface area contributed by atoms with Crippen LogP contribution in [0.5, 0.6) is 0 Å². The third kappa shape index (κ3) is 3.74. The number of hydrogen-bond acceptors (Lipinski definition) is 4. The third-order valence-electron chi connectivity index (χ3n) is 6.37. The van der Waals surface area contributed by atoms with Crippen molar-refractivity contribution in [2.45, 2.75) is 33.9 Å². The van der Waals surface area contributed by atoms with E-state index in [1.54, 1.807) is 30.3 Å². The Labute approximate surface area is 199 Å². The molecule has 3 aromatic rings. The van der Waals surface area contributed by atoms with E-state index in [2.05, 4.69) is 5.32 Å². The molecule has 0 unspecified atom stereocenters. The van der Waals surface area contributed by atoms with Crippen LogP contribution in [0.3, 0.4) is 0 Å². The Morgan fingerprint density at radius 2 is 1.81 bits per heavy atom. The number of para-hydroxylation sites is 2. The molecule has 1 aliphatic carbocycles. The van der Waals surface area contributed by atoms with E-state index in [4.69, 9.17) is 23.2 Å². The van der Waals surface area contributed by atoms with Crippen molar-refractivity contribution < 1.29 is 9.31 Å². The number of hydrogen-bond donors (Lipinski definition) is 1. The Hall–Kier alpha value is -2.28. The van der Waals surface area contributed by atoms with Crippen LogP contribution in [-0.4, -0.2) is 15.6 Å². The van der Waals surface area contributed by atoms with Crippen LogP contribution in [-0.2, 0) is 0 Å². The number of anilines is 1. The number of nitrogens with one attached hydrogen (secondary N) is 1. The molecule has 3 aromatic carbocycles. The quantitative estimate of drug-likeness (QED) is 0.235. The van der Waals surface area contributed by atoms with E-state index < -0.39 is 0 Å². The number of benzene rings is 3. The van der Waals surface area contributed by atoms with E-state index >= 15 is 0 Å². The zero-order valence-corrected chi connectivity index (χ0v) is 19.1. The molecule has 1 fully saturated rings. The van der Waals surface area contributed by atoms with E-state index in [1.807, 2.05) is 18.2 Å². The summed E-state index contributed by atoms with van der Waals surface area (Å²) in [6.45, 7) is 0. The molecule has 32 heavy (non-hydrogen) atoms. The maximum atomic E-state index is 13.6. The van der Waals surface area contributed by atoms with Gasteiger partial charge < -0.3 is 5.32 Å². The molecule has 4 nitrogen and oxygen atoms in total. The molecule has 0 saturated heterocycles. The number of nitrogens with zero attached hydrogens (tertiary/aromatic N) is 1. The van der Waals surface area contributed by atoms with Crippen molar-refractivity contribution in [3.8, 4) is 0 Å². The first kappa shape index (κ1) is 21.6. The van der Waals surface area contributed by atoms with Gasteiger partial charge in [0.2, 0.25) is 0 Å². The summed E-state index contributed by atoms with van der Waals surface area (Å²) < 4.78 is 13.6. The number of alkyl halides is 1. The van der Waals surface area contributed by atoms with Crippen molar-refractivity contribution >= 4 is 46.3 Å². The van der Waals surface area contributed by atoms with Gasteiger partial charge in [-0.25, -0.2) is 4.39 Å². The predicted octanol–water partition coefficient (Wildman–Crippen LogP) is 7.43. The molecule has 0 bridgehead atoms. The molecule has 0 amide bonds. The highest BCUT2D eigenvalue weighted by molar-refractivity contribution is 8.00. The molecule has 0 aromatic heterocycles. The molecule has 1 N–H and O–H groups in total. The van der Waals surface area contributed by atoms with Crippen molar-refractivity contribution in [3.05, 3.63) is 98.8 Å².